The molecule has 3 rings (SSSR count). The number of methoxy groups -OCH3 is 1. The third kappa shape index (κ3) is 4.74. The third-order valence-corrected chi connectivity index (χ3v) is 7.47. The van der Waals surface area contributed by atoms with Crippen LogP contribution in [-0.4, -0.2) is 44.9 Å². The number of ether oxygens (including phenoxy) is 1. The van der Waals surface area contributed by atoms with Crippen molar-refractivity contribution in [2.45, 2.75) is 37.6 Å². The van der Waals surface area contributed by atoms with Gasteiger partial charge in [-0.2, -0.15) is 4.31 Å². The second-order valence-corrected chi connectivity index (χ2v) is 9.59. The molecule has 29 heavy (non-hydrogen) atoms. The Labute approximate surface area is 176 Å². The van der Waals surface area contributed by atoms with Crippen LogP contribution >= 0.6 is 11.6 Å². The van der Waals surface area contributed by atoms with Crippen LogP contribution in [-0.2, 0) is 10.0 Å². The fourth-order valence-corrected chi connectivity index (χ4v) is 5.19. The number of sulfonamides is 1. The van der Waals surface area contributed by atoms with E-state index in [9.17, 15) is 13.2 Å². The lowest BCUT2D eigenvalue weighted by molar-refractivity contribution is 0.0924. The van der Waals surface area contributed by atoms with Gasteiger partial charge in [0.1, 0.15) is 10.6 Å². The molecule has 1 aliphatic rings. The highest BCUT2D eigenvalue weighted by atomic mass is 35.5. The smallest absolute Gasteiger partial charge is 0.251 e. The van der Waals surface area contributed by atoms with Gasteiger partial charge in [-0.25, -0.2) is 8.42 Å². The van der Waals surface area contributed by atoms with Gasteiger partial charge in [0.05, 0.1) is 7.11 Å². The second kappa shape index (κ2) is 8.73. The molecule has 0 saturated carbocycles. The van der Waals surface area contributed by atoms with Crippen LogP contribution in [0.1, 0.15) is 34.3 Å². The summed E-state index contributed by atoms with van der Waals surface area (Å²) in [5.74, 6) is 0.171. The molecule has 6 nitrogen and oxygen atoms in total. The zero-order valence-corrected chi connectivity index (χ0v) is 18.3. The summed E-state index contributed by atoms with van der Waals surface area (Å²) < 4.78 is 33.1. The Balaban J connectivity index is 1.68. The molecule has 2 aromatic rings. The molecule has 156 valence electrons. The molecule has 1 aliphatic heterocycles. The zero-order valence-electron chi connectivity index (χ0n) is 16.7. The van der Waals surface area contributed by atoms with E-state index < -0.39 is 10.0 Å². The molecule has 1 heterocycles. The largest absolute Gasteiger partial charge is 0.495 e. The number of aryl methyl sites for hydroxylation is 2. The van der Waals surface area contributed by atoms with Gasteiger partial charge in [0, 0.05) is 29.7 Å². The molecule has 1 N–H and O–H groups in total. The van der Waals surface area contributed by atoms with Gasteiger partial charge in [-0.3, -0.25) is 4.79 Å². The highest BCUT2D eigenvalue weighted by molar-refractivity contribution is 7.89. The number of rotatable bonds is 5. The molecular formula is C21H25ClN2O4S. The summed E-state index contributed by atoms with van der Waals surface area (Å²) in [7, 11) is -2.20. The minimum absolute atomic E-state index is 0.0775. The van der Waals surface area contributed by atoms with Gasteiger partial charge in [0.2, 0.25) is 10.0 Å². The standard InChI is InChI=1S/C21H25ClN2O4S/c1-14-12-19(28-3)20(13-15(14)2)29(26,27)24-10-8-18(9-11-24)23-21(25)16-4-6-17(22)7-5-16/h4-7,12-13,18H,8-11H2,1-3H3,(H,23,25). The summed E-state index contributed by atoms with van der Waals surface area (Å²) in [5, 5.41) is 3.55. The number of hydrogen-bond acceptors (Lipinski definition) is 4. The lowest BCUT2D eigenvalue weighted by Crippen LogP contribution is -2.46. The minimum Gasteiger partial charge on any atom is -0.495 e. The Hall–Kier alpha value is -2.09. The average Bonchev–Trinajstić information content (AvgIpc) is 2.70. The molecule has 0 spiro atoms. The zero-order chi connectivity index (χ0) is 21.2. The molecule has 2 aromatic carbocycles. The minimum atomic E-state index is -3.67. The number of hydrogen-bond donors (Lipinski definition) is 1. The summed E-state index contributed by atoms with van der Waals surface area (Å²) in [6.07, 6.45) is 1.09. The van der Waals surface area contributed by atoms with Gasteiger partial charge < -0.3 is 10.1 Å². The first kappa shape index (κ1) is 21.6. The van der Waals surface area contributed by atoms with Crippen LogP contribution in [0.5, 0.6) is 5.75 Å². The molecule has 0 unspecified atom stereocenters. The van der Waals surface area contributed by atoms with Gasteiger partial charge >= 0.3 is 0 Å². The number of carbonyl (C=O) groups is 1. The van der Waals surface area contributed by atoms with E-state index in [0.717, 1.165) is 11.1 Å². The number of piperidine rings is 1. The number of benzene rings is 2. The molecule has 8 heteroatoms. The SMILES string of the molecule is COc1cc(C)c(C)cc1S(=O)(=O)N1CCC(NC(=O)c2ccc(Cl)cc2)CC1. The van der Waals surface area contributed by atoms with Crippen molar-refractivity contribution in [3.8, 4) is 5.75 Å². The topological polar surface area (TPSA) is 75.7 Å². The lowest BCUT2D eigenvalue weighted by atomic mass is 10.1. The Morgan fingerprint density at radius 2 is 1.69 bits per heavy atom. The fraction of sp³-hybridized carbons (Fsp3) is 0.381. The average molecular weight is 437 g/mol. The van der Waals surface area contributed by atoms with E-state index in [1.54, 1.807) is 36.4 Å². The highest BCUT2D eigenvalue weighted by Gasteiger charge is 2.32. The Morgan fingerprint density at radius 3 is 2.28 bits per heavy atom. The van der Waals surface area contributed by atoms with E-state index in [-0.39, 0.29) is 16.8 Å². The van der Waals surface area contributed by atoms with Gasteiger partial charge in [0.25, 0.3) is 5.91 Å². The fourth-order valence-electron chi connectivity index (χ4n) is 3.37. The normalized spacial score (nSPS) is 15.9. The number of amides is 1. The maximum atomic E-state index is 13.2. The van der Waals surface area contributed by atoms with E-state index in [0.29, 0.717) is 42.3 Å². The molecule has 0 aliphatic carbocycles. The third-order valence-electron chi connectivity index (χ3n) is 5.29. The second-order valence-electron chi connectivity index (χ2n) is 7.25. The first-order chi connectivity index (χ1) is 13.7. The number of nitrogens with one attached hydrogen (secondary N) is 1. The molecule has 1 saturated heterocycles. The van der Waals surface area contributed by atoms with E-state index in [4.69, 9.17) is 16.3 Å². The predicted octanol–water partition coefficient (Wildman–Crippen LogP) is 3.55. The lowest BCUT2D eigenvalue weighted by Gasteiger charge is -2.32. The van der Waals surface area contributed by atoms with Crippen LogP contribution in [0.15, 0.2) is 41.3 Å². The quantitative estimate of drug-likeness (QED) is 0.777. The molecule has 0 radical (unpaired) electrons. The van der Waals surface area contributed by atoms with E-state index in [2.05, 4.69) is 5.32 Å². The monoisotopic (exact) mass is 436 g/mol. The maximum Gasteiger partial charge on any atom is 0.251 e. The highest BCUT2D eigenvalue weighted by Crippen LogP contribution is 2.31. The summed E-state index contributed by atoms with van der Waals surface area (Å²) in [6, 6.07) is 10.0. The number of nitrogens with zero attached hydrogens (tertiary/aromatic N) is 1. The van der Waals surface area contributed by atoms with E-state index in [1.807, 2.05) is 13.8 Å². The summed E-state index contributed by atoms with van der Waals surface area (Å²) in [6.45, 7) is 4.48. The molecular weight excluding hydrogens is 412 g/mol. The van der Waals surface area contributed by atoms with Crippen molar-refractivity contribution in [1.29, 1.82) is 0 Å². The van der Waals surface area contributed by atoms with Gasteiger partial charge in [-0.15, -0.1) is 0 Å². The maximum absolute atomic E-state index is 13.2. The summed E-state index contributed by atoms with van der Waals surface area (Å²) >= 11 is 5.85. The van der Waals surface area contributed by atoms with Crippen LogP contribution in [0, 0.1) is 13.8 Å². The molecule has 0 aromatic heterocycles. The summed E-state index contributed by atoms with van der Waals surface area (Å²) in [5.41, 5.74) is 2.41. The summed E-state index contributed by atoms with van der Waals surface area (Å²) in [4.78, 5) is 12.6. The van der Waals surface area contributed by atoms with Crippen LogP contribution in [0.25, 0.3) is 0 Å². The Morgan fingerprint density at radius 1 is 1.10 bits per heavy atom. The van der Waals surface area contributed by atoms with E-state index in [1.165, 1.54) is 11.4 Å². The van der Waals surface area contributed by atoms with Crippen LogP contribution in [0.2, 0.25) is 5.02 Å². The van der Waals surface area contributed by atoms with Crippen LogP contribution in [0.4, 0.5) is 0 Å². The number of halogens is 1. The van der Waals surface area contributed by atoms with Crippen molar-refractivity contribution in [3.05, 3.63) is 58.1 Å². The van der Waals surface area contributed by atoms with Crippen molar-refractivity contribution >= 4 is 27.5 Å². The molecule has 1 fully saturated rings. The Bertz CT molecular complexity index is 998. The first-order valence-electron chi connectivity index (χ1n) is 9.44. The molecule has 0 bridgehead atoms. The Kier molecular flexibility index (Phi) is 6.51. The van der Waals surface area contributed by atoms with Crippen LogP contribution < -0.4 is 10.1 Å². The van der Waals surface area contributed by atoms with Crippen molar-refractivity contribution in [1.82, 2.24) is 9.62 Å². The first-order valence-corrected chi connectivity index (χ1v) is 11.3. The van der Waals surface area contributed by atoms with Gasteiger partial charge in [-0.05, 0) is 74.2 Å². The molecule has 0 atom stereocenters. The van der Waals surface area contributed by atoms with Crippen molar-refractivity contribution < 1.29 is 17.9 Å². The van der Waals surface area contributed by atoms with Crippen molar-refractivity contribution in [3.63, 3.8) is 0 Å². The number of carbonyl (C=O) groups excluding carboxylic acids is 1. The van der Waals surface area contributed by atoms with E-state index >= 15 is 0 Å². The van der Waals surface area contributed by atoms with Crippen LogP contribution in [0.3, 0.4) is 0 Å². The molecule has 1 amide bonds. The predicted molar refractivity (Wildman–Crippen MR) is 113 cm³/mol. The van der Waals surface area contributed by atoms with Crippen molar-refractivity contribution in [2.75, 3.05) is 20.2 Å². The van der Waals surface area contributed by atoms with Gasteiger partial charge in [0.15, 0.2) is 0 Å². The van der Waals surface area contributed by atoms with Crippen molar-refractivity contribution in [2.24, 2.45) is 0 Å². The van der Waals surface area contributed by atoms with Gasteiger partial charge in [-0.1, -0.05) is 11.6 Å².